The molecule has 1 N–H and O–H groups in total. The van der Waals surface area contributed by atoms with Crippen LogP contribution in [0.1, 0.15) is 24.0 Å². The standard InChI is InChI=1S/C10H8F4O3S2/c1-4-3-18-9-7(4)6(19(15,16)17)2-5(8(9)11)10(12,13)14/h2,4H,3H2,1H3,(H,15,16,17). The molecule has 106 valence electrons. The van der Waals surface area contributed by atoms with Gasteiger partial charge in [0, 0.05) is 10.6 Å². The Kier molecular flexibility index (Phi) is 3.35. The zero-order valence-electron chi connectivity index (χ0n) is 9.45. The van der Waals surface area contributed by atoms with E-state index in [0.717, 1.165) is 11.8 Å². The van der Waals surface area contributed by atoms with Crippen LogP contribution in [0.5, 0.6) is 0 Å². The maximum atomic E-state index is 13.8. The molecule has 1 aromatic rings. The summed E-state index contributed by atoms with van der Waals surface area (Å²) in [6.45, 7) is 1.56. The van der Waals surface area contributed by atoms with Crippen LogP contribution < -0.4 is 0 Å². The van der Waals surface area contributed by atoms with Crippen molar-refractivity contribution in [3.8, 4) is 0 Å². The van der Waals surface area contributed by atoms with E-state index in [1.807, 2.05) is 0 Å². The van der Waals surface area contributed by atoms with Crippen molar-refractivity contribution in [2.24, 2.45) is 0 Å². The van der Waals surface area contributed by atoms with Crippen molar-refractivity contribution in [2.75, 3.05) is 5.75 Å². The Balaban J connectivity index is 2.86. The Hall–Kier alpha value is -0.800. The molecule has 2 rings (SSSR count). The van der Waals surface area contributed by atoms with Crippen molar-refractivity contribution in [1.29, 1.82) is 0 Å². The summed E-state index contributed by atoms with van der Waals surface area (Å²) in [6.07, 6.45) is -5.02. The summed E-state index contributed by atoms with van der Waals surface area (Å²) in [5.74, 6) is -1.67. The van der Waals surface area contributed by atoms with Gasteiger partial charge in [0.05, 0.1) is 10.5 Å². The molecule has 19 heavy (non-hydrogen) atoms. The van der Waals surface area contributed by atoms with E-state index in [-0.39, 0.29) is 22.3 Å². The van der Waals surface area contributed by atoms with E-state index >= 15 is 0 Å². The zero-order chi connectivity index (χ0) is 14.6. The molecule has 9 heteroatoms. The van der Waals surface area contributed by atoms with Crippen LogP contribution in [-0.2, 0) is 16.3 Å². The molecular weight excluding hydrogens is 308 g/mol. The smallest absolute Gasteiger partial charge is 0.282 e. The number of hydrogen-bond acceptors (Lipinski definition) is 3. The highest BCUT2D eigenvalue weighted by Crippen LogP contribution is 2.47. The second kappa shape index (κ2) is 4.35. The van der Waals surface area contributed by atoms with Gasteiger partial charge in [-0.15, -0.1) is 11.8 Å². The zero-order valence-corrected chi connectivity index (χ0v) is 11.1. The molecule has 0 aromatic heterocycles. The minimum absolute atomic E-state index is 0.0852. The normalized spacial score (nSPS) is 19.6. The summed E-state index contributed by atoms with van der Waals surface area (Å²) < 4.78 is 83.2. The van der Waals surface area contributed by atoms with Crippen LogP contribution in [0.15, 0.2) is 15.9 Å². The summed E-state index contributed by atoms with van der Waals surface area (Å²) in [4.78, 5) is -1.22. The molecule has 0 amide bonds. The van der Waals surface area contributed by atoms with Crippen LogP contribution >= 0.6 is 11.8 Å². The van der Waals surface area contributed by atoms with E-state index in [2.05, 4.69) is 0 Å². The van der Waals surface area contributed by atoms with Crippen molar-refractivity contribution in [1.82, 2.24) is 0 Å². The number of fused-ring (bicyclic) bond motifs is 1. The molecular formula is C10H8F4O3S2. The van der Waals surface area contributed by atoms with E-state index in [9.17, 15) is 26.0 Å². The quantitative estimate of drug-likeness (QED) is 0.638. The Morgan fingerprint density at radius 2 is 2.00 bits per heavy atom. The fourth-order valence-corrected chi connectivity index (χ4v) is 4.14. The van der Waals surface area contributed by atoms with Gasteiger partial charge in [0.1, 0.15) is 5.82 Å². The minimum atomic E-state index is -5.02. The first kappa shape index (κ1) is 14.6. The lowest BCUT2D eigenvalue weighted by atomic mass is 10.0. The van der Waals surface area contributed by atoms with Crippen molar-refractivity contribution in [2.45, 2.75) is 28.8 Å². The molecule has 0 aliphatic carbocycles. The molecule has 0 fully saturated rings. The highest BCUT2D eigenvalue weighted by molar-refractivity contribution is 7.99. The summed E-state index contributed by atoms with van der Waals surface area (Å²) in [7, 11) is -4.84. The predicted octanol–water partition coefficient (Wildman–Crippen LogP) is 3.30. The average Bonchev–Trinajstić information content (AvgIpc) is 2.58. The first-order valence-electron chi connectivity index (χ1n) is 5.07. The molecule has 1 aliphatic heterocycles. The van der Waals surface area contributed by atoms with Crippen molar-refractivity contribution >= 4 is 21.9 Å². The van der Waals surface area contributed by atoms with Crippen LogP contribution in [0.4, 0.5) is 17.6 Å². The number of rotatable bonds is 1. The molecule has 1 heterocycles. The SMILES string of the molecule is CC1CSc2c(F)c(C(F)(F)F)cc(S(=O)(=O)O)c21. The maximum absolute atomic E-state index is 13.8. The van der Waals surface area contributed by atoms with Crippen LogP contribution in [0.2, 0.25) is 0 Å². The van der Waals surface area contributed by atoms with Gasteiger partial charge in [0.2, 0.25) is 0 Å². The Bertz CT molecular complexity index is 637. The molecule has 1 unspecified atom stereocenters. The van der Waals surface area contributed by atoms with Crippen molar-refractivity contribution in [3.63, 3.8) is 0 Å². The van der Waals surface area contributed by atoms with E-state index in [4.69, 9.17) is 4.55 Å². The van der Waals surface area contributed by atoms with Gasteiger partial charge in [-0.25, -0.2) is 4.39 Å². The summed E-state index contributed by atoms with van der Waals surface area (Å²) in [6, 6.07) is 0.159. The maximum Gasteiger partial charge on any atom is 0.419 e. The fraction of sp³-hybridized carbons (Fsp3) is 0.400. The monoisotopic (exact) mass is 316 g/mol. The Morgan fingerprint density at radius 1 is 1.42 bits per heavy atom. The van der Waals surface area contributed by atoms with Crippen molar-refractivity contribution < 1.29 is 30.5 Å². The molecule has 1 atom stereocenters. The van der Waals surface area contributed by atoms with E-state index in [1.165, 1.54) is 0 Å². The van der Waals surface area contributed by atoms with Gasteiger partial charge >= 0.3 is 6.18 Å². The van der Waals surface area contributed by atoms with Gasteiger partial charge in [-0.2, -0.15) is 21.6 Å². The Labute approximate surface area is 110 Å². The lowest BCUT2D eigenvalue weighted by Gasteiger charge is -2.15. The third-order valence-corrected chi connectivity index (χ3v) is 5.02. The molecule has 1 aliphatic rings. The Morgan fingerprint density at radius 3 is 2.47 bits per heavy atom. The number of benzene rings is 1. The summed E-state index contributed by atoms with van der Waals surface area (Å²) >= 11 is 0.813. The number of halogens is 4. The van der Waals surface area contributed by atoms with Gasteiger partial charge in [-0.3, -0.25) is 4.55 Å². The number of hydrogen-bond donors (Lipinski definition) is 1. The van der Waals surface area contributed by atoms with Crippen LogP contribution in [0, 0.1) is 5.82 Å². The van der Waals surface area contributed by atoms with Gasteiger partial charge < -0.3 is 0 Å². The van der Waals surface area contributed by atoms with Gasteiger partial charge in [0.25, 0.3) is 10.1 Å². The molecule has 3 nitrogen and oxygen atoms in total. The third-order valence-electron chi connectivity index (χ3n) is 2.78. The van der Waals surface area contributed by atoms with Crippen molar-refractivity contribution in [3.05, 3.63) is 23.0 Å². The summed E-state index contributed by atoms with van der Waals surface area (Å²) in [5, 5.41) is 0. The fourth-order valence-electron chi connectivity index (χ4n) is 1.94. The lowest BCUT2D eigenvalue weighted by molar-refractivity contribution is -0.140. The number of alkyl halides is 3. The topological polar surface area (TPSA) is 54.4 Å². The third kappa shape index (κ3) is 2.46. The lowest BCUT2D eigenvalue weighted by Crippen LogP contribution is -2.14. The second-order valence-electron chi connectivity index (χ2n) is 4.16. The minimum Gasteiger partial charge on any atom is -0.282 e. The number of thioether (sulfide) groups is 1. The molecule has 0 saturated heterocycles. The first-order valence-corrected chi connectivity index (χ1v) is 7.50. The van der Waals surface area contributed by atoms with E-state index in [0.29, 0.717) is 0 Å². The molecule has 0 radical (unpaired) electrons. The van der Waals surface area contributed by atoms with Crippen LogP contribution in [0.3, 0.4) is 0 Å². The molecule has 0 saturated carbocycles. The first-order chi connectivity index (χ1) is 8.53. The van der Waals surface area contributed by atoms with Gasteiger partial charge in [-0.05, 0) is 17.5 Å². The molecule has 0 bridgehead atoms. The van der Waals surface area contributed by atoms with E-state index < -0.39 is 38.5 Å². The highest BCUT2D eigenvalue weighted by Gasteiger charge is 2.41. The highest BCUT2D eigenvalue weighted by atomic mass is 32.2. The van der Waals surface area contributed by atoms with Crippen LogP contribution in [0.25, 0.3) is 0 Å². The van der Waals surface area contributed by atoms with E-state index in [1.54, 1.807) is 6.92 Å². The van der Waals surface area contributed by atoms with Gasteiger partial charge in [0.15, 0.2) is 0 Å². The molecule has 1 aromatic carbocycles. The average molecular weight is 316 g/mol. The van der Waals surface area contributed by atoms with Crippen LogP contribution in [-0.4, -0.2) is 18.7 Å². The molecule has 0 spiro atoms. The second-order valence-corrected chi connectivity index (χ2v) is 6.58. The summed E-state index contributed by atoms with van der Waals surface area (Å²) in [5.41, 5.74) is -1.77. The predicted molar refractivity (Wildman–Crippen MR) is 60.4 cm³/mol. The van der Waals surface area contributed by atoms with Gasteiger partial charge in [-0.1, -0.05) is 6.92 Å². The largest absolute Gasteiger partial charge is 0.419 e.